The molecule has 1 aromatic heterocycles. The van der Waals surface area contributed by atoms with E-state index in [1.165, 1.54) is 12.1 Å². The molecule has 0 aliphatic rings. The van der Waals surface area contributed by atoms with Gasteiger partial charge in [0.15, 0.2) is 11.6 Å². The van der Waals surface area contributed by atoms with Crippen molar-refractivity contribution in [2.45, 2.75) is 32.9 Å². The number of nitrogens with one attached hydrogen (secondary N) is 2. The SMILES string of the molecule is CC(C)(C)NCc1cc(=O)[nH]c(-c2ccc(F)c(F)c2)n1. The van der Waals surface area contributed by atoms with Crippen LogP contribution in [0.15, 0.2) is 29.1 Å². The van der Waals surface area contributed by atoms with Crippen molar-refractivity contribution in [2.24, 2.45) is 0 Å². The number of H-pyrrole nitrogens is 1. The Bertz CT molecular complexity index is 705. The summed E-state index contributed by atoms with van der Waals surface area (Å²) in [6, 6.07) is 4.76. The van der Waals surface area contributed by atoms with Gasteiger partial charge in [-0.3, -0.25) is 4.79 Å². The molecule has 4 nitrogen and oxygen atoms in total. The highest BCUT2D eigenvalue weighted by Gasteiger charge is 2.11. The first-order valence-corrected chi connectivity index (χ1v) is 6.55. The summed E-state index contributed by atoms with van der Waals surface area (Å²) in [6.45, 7) is 6.40. The summed E-state index contributed by atoms with van der Waals surface area (Å²) in [7, 11) is 0. The Morgan fingerprint density at radius 2 is 1.90 bits per heavy atom. The van der Waals surface area contributed by atoms with Gasteiger partial charge in [0.2, 0.25) is 0 Å². The number of halogens is 2. The van der Waals surface area contributed by atoms with Crippen molar-refractivity contribution in [1.82, 2.24) is 15.3 Å². The van der Waals surface area contributed by atoms with Gasteiger partial charge in [-0.25, -0.2) is 13.8 Å². The lowest BCUT2D eigenvalue weighted by Crippen LogP contribution is -2.35. The first kappa shape index (κ1) is 15.3. The van der Waals surface area contributed by atoms with Crippen molar-refractivity contribution in [3.05, 3.63) is 51.9 Å². The summed E-state index contributed by atoms with van der Waals surface area (Å²) >= 11 is 0. The Balaban J connectivity index is 2.34. The van der Waals surface area contributed by atoms with Crippen LogP contribution in [0.1, 0.15) is 26.5 Å². The molecule has 0 bridgehead atoms. The summed E-state index contributed by atoms with van der Waals surface area (Å²) in [6.07, 6.45) is 0. The Kier molecular flexibility index (Phi) is 4.18. The predicted octanol–water partition coefficient (Wildman–Crippen LogP) is 2.60. The summed E-state index contributed by atoms with van der Waals surface area (Å²) in [4.78, 5) is 18.5. The highest BCUT2D eigenvalue weighted by molar-refractivity contribution is 5.54. The Morgan fingerprint density at radius 3 is 2.52 bits per heavy atom. The van der Waals surface area contributed by atoms with Crippen molar-refractivity contribution in [1.29, 1.82) is 0 Å². The normalized spacial score (nSPS) is 11.7. The average Bonchev–Trinajstić information content (AvgIpc) is 2.38. The molecular formula is C15H17F2N3O. The van der Waals surface area contributed by atoms with Crippen LogP contribution in [-0.4, -0.2) is 15.5 Å². The van der Waals surface area contributed by atoms with Gasteiger partial charge >= 0.3 is 0 Å². The lowest BCUT2D eigenvalue weighted by Gasteiger charge is -2.20. The molecule has 0 aliphatic heterocycles. The van der Waals surface area contributed by atoms with Crippen molar-refractivity contribution in [3.8, 4) is 11.4 Å². The number of nitrogens with zero attached hydrogens (tertiary/aromatic N) is 1. The molecule has 2 N–H and O–H groups in total. The van der Waals surface area contributed by atoms with Crippen LogP contribution in [0.2, 0.25) is 0 Å². The van der Waals surface area contributed by atoms with E-state index in [4.69, 9.17) is 0 Å². The van der Waals surface area contributed by atoms with Crippen molar-refractivity contribution in [2.75, 3.05) is 0 Å². The number of aromatic nitrogens is 2. The molecule has 112 valence electrons. The number of aromatic amines is 1. The van der Waals surface area contributed by atoms with Crippen LogP contribution in [0.4, 0.5) is 8.78 Å². The van der Waals surface area contributed by atoms with Crippen LogP contribution < -0.4 is 10.9 Å². The maximum absolute atomic E-state index is 13.3. The number of hydrogen-bond acceptors (Lipinski definition) is 3. The first-order chi connectivity index (χ1) is 9.74. The second-order valence-electron chi connectivity index (χ2n) is 5.82. The van der Waals surface area contributed by atoms with Crippen molar-refractivity contribution < 1.29 is 8.78 Å². The Morgan fingerprint density at radius 1 is 1.19 bits per heavy atom. The van der Waals surface area contributed by atoms with E-state index in [1.54, 1.807) is 0 Å². The van der Waals surface area contributed by atoms with E-state index in [-0.39, 0.29) is 16.9 Å². The van der Waals surface area contributed by atoms with E-state index in [1.807, 2.05) is 20.8 Å². The minimum Gasteiger partial charge on any atom is -0.307 e. The fourth-order valence-electron chi connectivity index (χ4n) is 1.73. The molecule has 0 saturated heterocycles. The molecule has 0 amide bonds. The molecule has 0 radical (unpaired) electrons. The second kappa shape index (κ2) is 5.73. The highest BCUT2D eigenvalue weighted by atomic mass is 19.2. The largest absolute Gasteiger partial charge is 0.307 e. The molecule has 0 saturated carbocycles. The maximum Gasteiger partial charge on any atom is 0.251 e. The van der Waals surface area contributed by atoms with E-state index in [0.29, 0.717) is 17.8 Å². The average molecular weight is 293 g/mol. The lowest BCUT2D eigenvalue weighted by atomic mass is 10.1. The molecular weight excluding hydrogens is 276 g/mol. The zero-order chi connectivity index (χ0) is 15.6. The van der Waals surface area contributed by atoms with Crippen LogP contribution in [0.3, 0.4) is 0 Å². The van der Waals surface area contributed by atoms with Crippen molar-refractivity contribution >= 4 is 0 Å². The topological polar surface area (TPSA) is 57.8 Å². The van der Waals surface area contributed by atoms with E-state index in [2.05, 4.69) is 15.3 Å². The molecule has 1 aromatic carbocycles. The zero-order valence-corrected chi connectivity index (χ0v) is 12.1. The number of benzene rings is 1. The smallest absolute Gasteiger partial charge is 0.251 e. The molecule has 2 rings (SSSR count). The molecule has 0 atom stereocenters. The molecule has 6 heteroatoms. The third-order valence-corrected chi connectivity index (χ3v) is 2.79. The van der Waals surface area contributed by atoms with E-state index in [0.717, 1.165) is 12.1 Å². The van der Waals surface area contributed by atoms with Crippen LogP contribution in [0.25, 0.3) is 11.4 Å². The summed E-state index contributed by atoms with van der Waals surface area (Å²) < 4.78 is 26.2. The Labute approximate surface area is 121 Å². The quantitative estimate of drug-likeness (QED) is 0.914. The van der Waals surface area contributed by atoms with Crippen molar-refractivity contribution in [3.63, 3.8) is 0 Å². The second-order valence-corrected chi connectivity index (χ2v) is 5.82. The molecule has 0 fully saturated rings. The number of rotatable bonds is 3. The molecule has 1 heterocycles. The summed E-state index contributed by atoms with van der Waals surface area (Å²) in [5, 5.41) is 3.22. The van der Waals surface area contributed by atoms with Gasteiger partial charge in [-0.15, -0.1) is 0 Å². The minimum atomic E-state index is -0.978. The van der Waals surface area contributed by atoms with Gasteiger partial charge < -0.3 is 10.3 Å². The third kappa shape index (κ3) is 4.19. The summed E-state index contributed by atoms with van der Waals surface area (Å²) in [5.74, 6) is -1.70. The minimum absolute atomic E-state index is 0.119. The van der Waals surface area contributed by atoms with Gasteiger partial charge in [-0.1, -0.05) is 0 Å². The van der Waals surface area contributed by atoms with Gasteiger partial charge in [0.1, 0.15) is 5.82 Å². The van der Waals surface area contributed by atoms with E-state index >= 15 is 0 Å². The molecule has 0 spiro atoms. The molecule has 21 heavy (non-hydrogen) atoms. The van der Waals surface area contributed by atoms with Gasteiger partial charge in [0.25, 0.3) is 5.56 Å². The molecule has 0 aliphatic carbocycles. The van der Waals surface area contributed by atoms with Gasteiger partial charge in [-0.05, 0) is 39.0 Å². The lowest BCUT2D eigenvalue weighted by molar-refractivity contribution is 0.421. The third-order valence-electron chi connectivity index (χ3n) is 2.79. The van der Waals surface area contributed by atoms with Gasteiger partial charge in [0, 0.05) is 23.7 Å². The highest BCUT2D eigenvalue weighted by Crippen LogP contribution is 2.17. The van der Waals surface area contributed by atoms with Gasteiger partial charge in [-0.2, -0.15) is 0 Å². The fraction of sp³-hybridized carbons (Fsp3) is 0.333. The standard InChI is InChI=1S/C15H17F2N3O/c1-15(2,3)18-8-10-7-13(21)20-14(19-10)9-4-5-11(16)12(17)6-9/h4-7,18H,8H2,1-3H3,(H,19,20,21). The number of hydrogen-bond donors (Lipinski definition) is 2. The van der Waals surface area contributed by atoms with Gasteiger partial charge in [0.05, 0.1) is 5.69 Å². The zero-order valence-electron chi connectivity index (χ0n) is 12.1. The molecule has 2 aromatic rings. The predicted molar refractivity (Wildman–Crippen MR) is 76.8 cm³/mol. The van der Waals surface area contributed by atoms with Crippen LogP contribution in [-0.2, 0) is 6.54 Å². The monoisotopic (exact) mass is 293 g/mol. The van der Waals surface area contributed by atoms with Crippen LogP contribution in [0, 0.1) is 11.6 Å². The molecule has 0 unspecified atom stereocenters. The Hall–Kier alpha value is -2.08. The fourth-order valence-corrected chi connectivity index (χ4v) is 1.73. The maximum atomic E-state index is 13.3. The van der Waals surface area contributed by atoms with Crippen LogP contribution >= 0.6 is 0 Å². The summed E-state index contributed by atoms with van der Waals surface area (Å²) in [5.41, 5.74) is 0.402. The van der Waals surface area contributed by atoms with Crippen LogP contribution in [0.5, 0.6) is 0 Å². The first-order valence-electron chi connectivity index (χ1n) is 6.55. The van der Waals surface area contributed by atoms with E-state index < -0.39 is 11.6 Å². The van der Waals surface area contributed by atoms with E-state index in [9.17, 15) is 13.6 Å².